The molecule has 2 aliphatic rings. The molecule has 1 aliphatic heterocycles. The van der Waals surface area contributed by atoms with E-state index in [1.54, 1.807) is 6.92 Å². The number of hydrogen-bond donors (Lipinski definition) is 0. The third-order valence-corrected chi connectivity index (χ3v) is 8.20. The fourth-order valence-corrected chi connectivity index (χ4v) is 5.72. The monoisotopic (exact) mass is 564 g/mol. The first-order valence-corrected chi connectivity index (χ1v) is 13.6. The molecule has 1 amide bonds. The van der Waals surface area contributed by atoms with Crippen LogP contribution in [0, 0.1) is 17.8 Å². The molecular weight excluding hydrogens is 526 g/mol. The average Bonchev–Trinajstić information content (AvgIpc) is 2.88. The summed E-state index contributed by atoms with van der Waals surface area (Å²) in [5, 5.41) is 0. The highest BCUT2D eigenvalue weighted by Gasteiger charge is 2.38. The lowest BCUT2D eigenvalue weighted by atomic mass is 9.80. The Hall–Kier alpha value is -2.30. The molecule has 1 aromatic carbocycles. The topological polar surface area (TPSA) is 49.9 Å². The highest BCUT2D eigenvalue weighted by Crippen LogP contribution is 2.39. The number of nitrogens with zero attached hydrogens (tertiary/aromatic N) is 2. The normalized spacial score (nSPS) is 22.4. The Balaban J connectivity index is 1.53. The molecule has 0 spiro atoms. The Labute approximate surface area is 225 Å². The van der Waals surface area contributed by atoms with Crippen LogP contribution in [0.3, 0.4) is 0 Å². The average molecular weight is 565 g/mol. The van der Waals surface area contributed by atoms with E-state index in [0.29, 0.717) is 62.9 Å². The molecular formula is C28H38F6N2O3. The number of piperidine rings is 1. The summed E-state index contributed by atoms with van der Waals surface area (Å²) in [7, 11) is 1.43. The Morgan fingerprint density at radius 2 is 1.44 bits per heavy atom. The maximum absolute atomic E-state index is 13.3. The first-order valence-electron chi connectivity index (χ1n) is 13.6. The van der Waals surface area contributed by atoms with E-state index in [4.69, 9.17) is 4.74 Å². The maximum Gasteiger partial charge on any atom is 0.416 e. The molecule has 5 nitrogen and oxygen atoms in total. The molecule has 1 saturated heterocycles. The number of alkyl halides is 6. The number of amides is 1. The smallest absolute Gasteiger partial charge is 0.416 e. The predicted molar refractivity (Wildman–Crippen MR) is 133 cm³/mol. The minimum absolute atomic E-state index is 0.0978. The van der Waals surface area contributed by atoms with Crippen molar-refractivity contribution < 1.29 is 40.7 Å². The summed E-state index contributed by atoms with van der Waals surface area (Å²) >= 11 is 0. The first kappa shape index (κ1) is 31.2. The third-order valence-electron chi connectivity index (χ3n) is 8.20. The van der Waals surface area contributed by atoms with Crippen molar-refractivity contribution in [3.8, 4) is 0 Å². The van der Waals surface area contributed by atoms with Gasteiger partial charge in [0.15, 0.2) is 0 Å². The van der Waals surface area contributed by atoms with Crippen molar-refractivity contribution in [3.05, 3.63) is 34.9 Å². The Morgan fingerprint density at radius 3 is 1.92 bits per heavy atom. The summed E-state index contributed by atoms with van der Waals surface area (Å²) in [5.41, 5.74) is -2.98. The summed E-state index contributed by atoms with van der Waals surface area (Å²) in [4.78, 5) is 28.5. The van der Waals surface area contributed by atoms with Gasteiger partial charge in [-0.2, -0.15) is 26.3 Å². The SMILES string of the molecule is CCOC(=O)CC1CCC(CN2CCC(C(=O)N(C)C(C)c3cc(C(F)(F)F)cc(C(F)(F)F)c3)CC2)CC1. The van der Waals surface area contributed by atoms with E-state index in [0.717, 1.165) is 32.2 Å². The lowest BCUT2D eigenvalue weighted by Crippen LogP contribution is -2.43. The van der Waals surface area contributed by atoms with E-state index in [9.17, 15) is 35.9 Å². The quantitative estimate of drug-likeness (QED) is 0.260. The number of hydrogen-bond acceptors (Lipinski definition) is 4. The van der Waals surface area contributed by atoms with E-state index >= 15 is 0 Å². The molecule has 0 bridgehead atoms. The number of benzene rings is 1. The van der Waals surface area contributed by atoms with Crippen LogP contribution in [0.15, 0.2) is 18.2 Å². The summed E-state index contributed by atoms with van der Waals surface area (Å²) in [5.74, 6) is 0.155. The van der Waals surface area contributed by atoms with Crippen LogP contribution in [0.5, 0.6) is 0 Å². The largest absolute Gasteiger partial charge is 0.466 e. The van der Waals surface area contributed by atoms with E-state index in [2.05, 4.69) is 4.90 Å². The molecule has 1 aliphatic carbocycles. The fourth-order valence-electron chi connectivity index (χ4n) is 5.72. The summed E-state index contributed by atoms with van der Waals surface area (Å²) in [6.45, 7) is 5.98. The van der Waals surface area contributed by atoms with Crippen molar-refractivity contribution >= 4 is 11.9 Å². The van der Waals surface area contributed by atoms with Crippen LogP contribution in [0.1, 0.15) is 81.5 Å². The highest BCUT2D eigenvalue weighted by atomic mass is 19.4. The van der Waals surface area contributed by atoms with Gasteiger partial charge >= 0.3 is 18.3 Å². The standard InChI is InChI=1S/C28H38F6N2O3/c1-4-39-25(37)13-19-5-7-20(8-6-19)17-36-11-9-21(10-12-36)26(38)35(3)18(2)22-14-23(27(29,30)31)16-24(15-22)28(32,33)34/h14-16,18-21H,4-13,17H2,1-3H3. The van der Waals surface area contributed by atoms with Crippen molar-refractivity contribution in [1.29, 1.82) is 0 Å². The van der Waals surface area contributed by atoms with Gasteiger partial charge in [-0.3, -0.25) is 9.59 Å². The van der Waals surface area contributed by atoms with Crippen molar-refractivity contribution in [2.24, 2.45) is 17.8 Å². The van der Waals surface area contributed by atoms with Crippen LogP contribution in [0.2, 0.25) is 0 Å². The number of halogens is 6. The summed E-state index contributed by atoms with van der Waals surface area (Å²) < 4.78 is 84.7. The second-order valence-corrected chi connectivity index (χ2v) is 10.9. The van der Waals surface area contributed by atoms with Crippen LogP contribution >= 0.6 is 0 Å². The van der Waals surface area contributed by atoms with Gasteiger partial charge in [0, 0.05) is 25.9 Å². The molecule has 1 atom stereocenters. The Bertz CT molecular complexity index is 948. The van der Waals surface area contributed by atoms with Crippen LogP contribution in [-0.2, 0) is 26.7 Å². The highest BCUT2D eigenvalue weighted by molar-refractivity contribution is 5.79. The number of esters is 1. The second-order valence-electron chi connectivity index (χ2n) is 10.9. The first-order chi connectivity index (χ1) is 18.2. The fraction of sp³-hybridized carbons (Fsp3) is 0.714. The van der Waals surface area contributed by atoms with Crippen LogP contribution in [-0.4, -0.2) is 55.0 Å². The van der Waals surface area contributed by atoms with Gasteiger partial charge in [-0.15, -0.1) is 0 Å². The molecule has 3 rings (SSSR count). The van der Waals surface area contributed by atoms with Gasteiger partial charge in [-0.05, 0) is 101 Å². The zero-order valence-corrected chi connectivity index (χ0v) is 22.7. The van der Waals surface area contributed by atoms with E-state index in [1.165, 1.54) is 18.9 Å². The molecule has 39 heavy (non-hydrogen) atoms. The number of carbonyl (C=O) groups excluding carboxylic acids is 2. The zero-order valence-electron chi connectivity index (χ0n) is 22.7. The van der Waals surface area contributed by atoms with Gasteiger partial charge in [0.05, 0.1) is 23.8 Å². The zero-order chi connectivity index (χ0) is 29.0. The summed E-state index contributed by atoms with van der Waals surface area (Å²) in [6, 6.07) is 0.519. The Kier molecular flexibility index (Phi) is 10.3. The van der Waals surface area contributed by atoms with Gasteiger partial charge in [-0.1, -0.05) is 0 Å². The van der Waals surface area contributed by atoms with Gasteiger partial charge in [-0.25, -0.2) is 0 Å². The number of rotatable bonds is 8. The maximum atomic E-state index is 13.3. The molecule has 0 radical (unpaired) electrons. The molecule has 2 fully saturated rings. The third kappa shape index (κ3) is 8.59. The molecule has 0 aromatic heterocycles. The Morgan fingerprint density at radius 1 is 0.923 bits per heavy atom. The molecule has 0 N–H and O–H groups in total. The minimum atomic E-state index is -4.94. The summed E-state index contributed by atoms with van der Waals surface area (Å²) in [6.07, 6.45) is -4.16. The van der Waals surface area contributed by atoms with Crippen molar-refractivity contribution in [3.63, 3.8) is 0 Å². The predicted octanol–water partition coefficient (Wildman–Crippen LogP) is 6.72. The van der Waals surface area contributed by atoms with Gasteiger partial charge in [0.25, 0.3) is 0 Å². The van der Waals surface area contributed by atoms with Crippen molar-refractivity contribution in [2.45, 2.75) is 77.2 Å². The molecule has 1 heterocycles. The van der Waals surface area contributed by atoms with Crippen LogP contribution in [0.25, 0.3) is 0 Å². The molecule has 1 saturated carbocycles. The molecule has 1 aromatic rings. The van der Waals surface area contributed by atoms with Crippen molar-refractivity contribution in [1.82, 2.24) is 9.80 Å². The van der Waals surface area contributed by atoms with Crippen LogP contribution in [0.4, 0.5) is 26.3 Å². The van der Waals surface area contributed by atoms with Gasteiger partial charge in [0.2, 0.25) is 5.91 Å². The van der Waals surface area contributed by atoms with Gasteiger partial charge in [0.1, 0.15) is 0 Å². The molecule has 11 heteroatoms. The van der Waals surface area contributed by atoms with Crippen LogP contribution < -0.4 is 0 Å². The number of ether oxygens (including phenoxy) is 1. The molecule has 220 valence electrons. The van der Waals surface area contributed by atoms with Crippen molar-refractivity contribution in [2.75, 3.05) is 33.3 Å². The number of carbonyl (C=O) groups is 2. The minimum Gasteiger partial charge on any atom is -0.466 e. The van der Waals surface area contributed by atoms with Gasteiger partial charge < -0.3 is 14.5 Å². The molecule has 1 unspecified atom stereocenters. The lowest BCUT2D eigenvalue weighted by molar-refractivity contribution is -0.145. The number of likely N-dealkylation sites (tertiary alicyclic amines) is 1. The van der Waals surface area contributed by atoms with E-state index in [-0.39, 0.29) is 29.4 Å². The van der Waals surface area contributed by atoms with E-state index < -0.39 is 29.5 Å². The van der Waals surface area contributed by atoms with E-state index in [1.807, 2.05) is 0 Å². The lowest BCUT2D eigenvalue weighted by Gasteiger charge is -2.38. The second kappa shape index (κ2) is 12.9.